The fourth-order valence-corrected chi connectivity index (χ4v) is 2.92. The van der Waals surface area contributed by atoms with Crippen molar-refractivity contribution in [2.24, 2.45) is 5.92 Å². The van der Waals surface area contributed by atoms with Crippen LogP contribution < -0.4 is 5.32 Å². The van der Waals surface area contributed by atoms with E-state index in [1.165, 1.54) is 12.1 Å². The number of phenolic OH excluding ortho intramolecular Hbond substituents is 1. The second-order valence-corrected chi connectivity index (χ2v) is 6.68. The maximum Gasteiger partial charge on any atom is 0.342 e. The Kier molecular flexibility index (Phi) is 5.83. The van der Waals surface area contributed by atoms with Crippen molar-refractivity contribution in [2.45, 2.75) is 38.6 Å². The number of phenols is 1. The highest BCUT2D eigenvalue weighted by atomic mass is 79.9. The average Bonchev–Trinajstić information content (AvgIpc) is 2.49. The Morgan fingerprint density at radius 2 is 2.00 bits per heavy atom. The molecular formula is C16H20BrNO4. The van der Waals surface area contributed by atoms with E-state index in [-0.39, 0.29) is 29.9 Å². The maximum atomic E-state index is 11.9. The first-order chi connectivity index (χ1) is 10.5. The first-order valence-corrected chi connectivity index (χ1v) is 8.20. The summed E-state index contributed by atoms with van der Waals surface area (Å²) < 4.78 is 5.61. The van der Waals surface area contributed by atoms with E-state index in [9.17, 15) is 14.7 Å². The molecule has 120 valence electrons. The fourth-order valence-electron chi connectivity index (χ4n) is 2.55. The van der Waals surface area contributed by atoms with Crippen LogP contribution in [-0.4, -0.2) is 29.6 Å². The number of hydrogen-bond acceptors (Lipinski definition) is 4. The molecule has 0 saturated heterocycles. The number of nitrogens with one attached hydrogen (secondary N) is 1. The monoisotopic (exact) mass is 369 g/mol. The SMILES string of the molecule is CC1CCC(NC(=O)COC(=O)c2cc(Br)ccc2O)CC1. The number of hydrogen-bond donors (Lipinski definition) is 2. The van der Waals surface area contributed by atoms with E-state index in [2.05, 4.69) is 28.2 Å². The largest absolute Gasteiger partial charge is 0.507 e. The summed E-state index contributed by atoms with van der Waals surface area (Å²) in [6.07, 6.45) is 4.15. The van der Waals surface area contributed by atoms with Crippen molar-refractivity contribution in [2.75, 3.05) is 6.61 Å². The van der Waals surface area contributed by atoms with Crippen LogP contribution in [0.4, 0.5) is 0 Å². The summed E-state index contributed by atoms with van der Waals surface area (Å²) in [6.45, 7) is 1.88. The van der Waals surface area contributed by atoms with Gasteiger partial charge in [-0.3, -0.25) is 4.79 Å². The molecule has 1 fully saturated rings. The van der Waals surface area contributed by atoms with Crippen LogP contribution in [0.2, 0.25) is 0 Å². The summed E-state index contributed by atoms with van der Waals surface area (Å²) in [5, 5.41) is 12.5. The number of rotatable bonds is 4. The predicted molar refractivity (Wildman–Crippen MR) is 85.7 cm³/mol. The standard InChI is InChI=1S/C16H20BrNO4/c1-10-2-5-12(6-3-10)18-15(20)9-22-16(21)13-8-11(17)4-7-14(13)19/h4,7-8,10,12,19H,2-3,5-6,9H2,1H3,(H,18,20). The fraction of sp³-hybridized carbons (Fsp3) is 0.500. The molecule has 1 amide bonds. The van der Waals surface area contributed by atoms with Crippen molar-refractivity contribution < 1.29 is 19.4 Å². The van der Waals surface area contributed by atoms with Crippen LogP contribution in [0.3, 0.4) is 0 Å². The molecule has 1 aliphatic carbocycles. The molecule has 22 heavy (non-hydrogen) atoms. The number of aromatic hydroxyl groups is 1. The third-order valence-electron chi connectivity index (χ3n) is 3.89. The minimum Gasteiger partial charge on any atom is -0.507 e. The average molecular weight is 370 g/mol. The van der Waals surface area contributed by atoms with Crippen molar-refractivity contribution >= 4 is 27.8 Å². The lowest BCUT2D eigenvalue weighted by atomic mass is 9.87. The van der Waals surface area contributed by atoms with Crippen molar-refractivity contribution in [1.29, 1.82) is 0 Å². The van der Waals surface area contributed by atoms with Crippen molar-refractivity contribution in [3.63, 3.8) is 0 Å². The molecule has 0 aromatic heterocycles. The molecule has 5 nitrogen and oxygen atoms in total. The van der Waals surface area contributed by atoms with Crippen LogP contribution in [-0.2, 0) is 9.53 Å². The van der Waals surface area contributed by atoms with Gasteiger partial charge in [0.05, 0.1) is 0 Å². The third-order valence-corrected chi connectivity index (χ3v) is 4.39. The molecule has 0 aliphatic heterocycles. The summed E-state index contributed by atoms with van der Waals surface area (Å²) in [5.41, 5.74) is 0.0358. The second kappa shape index (κ2) is 7.63. The normalized spacial score (nSPS) is 21.2. The minimum absolute atomic E-state index is 0.0358. The Bertz CT molecular complexity index is 553. The summed E-state index contributed by atoms with van der Waals surface area (Å²) in [5.74, 6) is -0.478. The van der Waals surface area contributed by atoms with Crippen LogP contribution >= 0.6 is 15.9 Å². The van der Waals surface area contributed by atoms with E-state index >= 15 is 0 Å². The quantitative estimate of drug-likeness (QED) is 0.799. The maximum absolute atomic E-state index is 11.9. The Labute approximate surface area is 138 Å². The van der Waals surface area contributed by atoms with E-state index in [1.54, 1.807) is 6.07 Å². The molecular weight excluding hydrogens is 350 g/mol. The van der Waals surface area contributed by atoms with Gasteiger partial charge in [0, 0.05) is 10.5 Å². The van der Waals surface area contributed by atoms with Gasteiger partial charge >= 0.3 is 5.97 Å². The van der Waals surface area contributed by atoms with Crippen LogP contribution in [0.1, 0.15) is 43.0 Å². The molecule has 0 heterocycles. The Balaban J connectivity index is 1.80. The lowest BCUT2D eigenvalue weighted by molar-refractivity contribution is -0.125. The number of carbonyl (C=O) groups excluding carboxylic acids is 2. The van der Waals surface area contributed by atoms with E-state index in [0.29, 0.717) is 10.4 Å². The van der Waals surface area contributed by atoms with E-state index in [4.69, 9.17) is 4.74 Å². The molecule has 1 aliphatic rings. The third kappa shape index (κ3) is 4.73. The molecule has 0 atom stereocenters. The molecule has 0 radical (unpaired) electrons. The van der Waals surface area contributed by atoms with Crippen LogP contribution in [0.15, 0.2) is 22.7 Å². The van der Waals surface area contributed by atoms with Gasteiger partial charge in [0.25, 0.3) is 5.91 Å². The highest BCUT2D eigenvalue weighted by molar-refractivity contribution is 9.10. The van der Waals surface area contributed by atoms with Crippen molar-refractivity contribution in [3.8, 4) is 5.75 Å². The lowest BCUT2D eigenvalue weighted by Crippen LogP contribution is -2.39. The molecule has 0 spiro atoms. The number of amides is 1. The summed E-state index contributed by atoms with van der Waals surface area (Å²) in [7, 11) is 0. The topological polar surface area (TPSA) is 75.6 Å². The molecule has 2 rings (SSSR count). The zero-order valence-electron chi connectivity index (χ0n) is 12.5. The molecule has 0 unspecified atom stereocenters. The molecule has 1 aromatic carbocycles. The van der Waals surface area contributed by atoms with Crippen LogP contribution in [0, 0.1) is 5.92 Å². The van der Waals surface area contributed by atoms with Gasteiger partial charge < -0.3 is 15.2 Å². The number of benzene rings is 1. The van der Waals surface area contributed by atoms with Gasteiger partial charge in [0.15, 0.2) is 6.61 Å². The van der Waals surface area contributed by atoms with Gasteiger partial charge in [-0.15, -0.1) is 0 Å². The lowest BCUT2D eigenvalue weighted by Gasteiger charge is -2.26. The summed E-state index contributed by atoms with van der Waals surface area (Å²) in [6, 6.07) is 4.63. The number of halogens is 1. The van der Waals surface area contributed by atoms with Crippen molar-refractivity contribution in [3.05, 3.63) is 28.2 Å². The summed E-state index contributed by atoms with van der Waals surface area (Å²) in [4.78, 5) is 23.7. The van der Waals surface area contributed by atoms with E-state index in [0.717, 1.165) is 25.7 Å². The first kappa shape index (κ1) is 16.8. The van der Waals surface area contributed by atoms with E-state index in [1.807, 2.05) is 0 Å². The van der Waals surface area contributed by atoms with Gasteiger partial charge in [-0.1, -0.05) is 22.9 Å². The van der Waals surface area contributed by atoms with Gasteiger partial charge in [-0.05, 0) is 49.8 Å². The van der Waals surface area contributed by atoms with Crippen LogP contribution in [0.25, 0.3) is 0 Å². The highest BCUT2D eigenvalue weighted by Crippen LogP contribution is 2.24. The van der Waals surface area contributed by atoms with E-state index < -0.39 is 5.97 Å². The Morgan fingerprint density at radius 1 is 1.32 bits per heavy atom. The molecule has 2 N–H and O–H groups in total. The number of ether oxygens (including phenoxy) is 1. The molecule has 1 aromatic rings. The molecule has 0 bridgehead atoms. The second-order valence-electron chi connectivity index (χ2n) is 5.76. The van der Waals surface area contributed by atoms with Gasteiger partial charge in [0.1, 0.15) is 11.3 Å². The summed E-state index contributed by atoms with van der Waals surface area (Å²) >= 11 is 3.22. The minimum atomic E-state index is -0.716. The number of carbonyl (C=O) groups is 2. The Morgan fingerprint density at radius 3 is 2.68 bits per heavy atom. The molecule has 1 saturated carbocycles. The van der Waals surface area contributed by atoms with Gasteiger partial charge in [0.2, 0.25) is 0 Å². The molecule has 6 heteroatoms. The zero-order valence-corrected chi connectivity index (χ0v) is 14.1. The van der Waals surface area contributed by atoms with Gasteiger partial charge in [-0.2, -0.15) is 0 Å². The smallest absolute Gasteiger partial charge is 0.342 e. The first-order valence-electron chi connectivity index (χ1n) is 7.40. The van der Waals surface area contributed by atoms with Crippen LogP contribution in [0.5, 0.6) is 5.75 Å². The van der Waals surface area contributed by atoms with Gasteiger partial charge in [-0.25, -0.2) is 4.79 Å². The Hall–Kier alpha value is -1.56. The highest BCUT2D eigenvalue weighted by Gasteiger charge is 2.21. The van der Waals surface area contributed by atoms with Crippen molar-refractivity contribution in [1.82, 2.24) is 5.32 Å². The zero-order chi connectivity index (χ0) is 16.1. The predicted octanol–water partition coefficient (Wildman–Crippen LogP) is 3.01. The number of esters is 1.